The van der Waals surface area contributed by atoms with Gasteiger partial charge in [0.05, 0.1) is 12.3 Å². The van der Waals surface area contributed by atoms with E-state index in [1.807, 2.05) is 31.2 Å². The predicted octanol–water partition coefficient (Wildman–Crippen LogP) is 0.0825. The van der Waals surface area contributed by atoms with Crippen LogP contribution in [0, 0.1) is 12.8 Å². The highest BCUT2D eigenvalue weighted by Gasteiger charge is 2.41. The van der Waals surface area contributed by atoms with E-state index in [-0.39, 0.29) is 18.7 Å². The molecule has 0 bridgehead atoms. The first kappa shape index (κ1) is 22.7. The van der Waals surface area contributed by atoms with Crippen LogP contribution in [0.1, 0.15) is 24.0 Å². The third-order valence-electron chi connectivity index (χ3n) is 4.65. The number of rotatable bonds is 8. The Bertz CT molecular complexity index is 952. The van der Waals surface area contributed by atoms with Crippen molar-refractivity contribution >= 4 is 38.7 Å². The molecule has 0 aromatic heterocycles. The second kappa shape index (κ2) is 9.45. The molecule has 0 spiro atoms. The van der Waals surface area contributed by atoms with Crippen molar-refractivity contribution in [1.29, 1.82) is 0 Å². The number of hydrogen-bond donors (Lipinski definition) is 4. The maximum atomic E-state index is 11.1. The molecule has 3 atom stereocenters. The lowest BCUT2D eigenvalue weighted by Crippen LogP contribution is -2.42. The molecule has 0 amide bonds. The molecule has 5 N–H and O–H groups in total. The molecule has 13 heteroatoms. The molecule has 0 aliphatic carbocycles. The first-order chi connectivity index (χ1) is 14.2. The number of unbranched alkanes of at least 4 members (excludes halogenated alkanes) is 1. The van der Waals surface area contributed by atoms with Crippen LogP contribution in [-0.2, 0) is 9.30 Å². The van der Waals surface area contributed by atoms with Crippen LogP contribution < -0.4 is 10.6 Å². The van der Waals surface area contributed by atoms with E-state index in [2.05, 4.69) is 9.98 Å². The van der Waals surface area contributed by atoms with Gasteiger partial charge in [0.2, 0.25) is 0 Å². The topological polar surface area (TPSA) is 176 Å². The first-order valence-electron chi connectivity index (χ1n) is 9.17. The van der Waals surface area contributed by atoms with E-state index < -0.39 is 20.8 Å². The standard InChI is InChI=1S/C17H23N5O6P2/c1-11-4-6-12(7-5-11)14-13-15(18)19-10-20-16(13)22(21-14)8-2-3-9-28-17(29(23)24)30(25,26)27/h4-7,10,13,16H,2-3,8-9H2,1H3,(H,23,24)(H2,18,19,20)(H2,25,26,27). The molecule has 0 saturated carbocycles. The summed E-state index contributed by atoms with van der Waals surface area (Å²) in [5, 5.41) is 5.41. The number of hydrogen-bond acceptors (Lipinski definition) is 9. The Labute approximate surface area is 174 Å². The van der Waals surface area contributed by atoms with Gasteiger partial charge in [0.25, 0.3) is 8.00 Å². The normalized spacial score (nSPS) is 21.8. The van der Waals surface area contributed by atoms with Gasteiger partial charge in [-0.15, -0.1) is 0 Å². The van der Waals surface area contributed by atoms with Crippen molar-refractivity contribution in [3.8, 4) is 0 Å². The summed E-state index contributed by atoms with van der Waals surface area (Å²) in [5.41, 5.74) is 8.97. The Morgan fingerprint density at radius 1 is 1.33 bits per heavy atom. The number of nitrogens with zero attached hydrogens (tertiary/aromatic N) is 4. The molecule has 3 rings (SSSR count). The van der Waals surface area contributed by atoms with Crippen molar-refractivity contribution in [3.05, 3.63) is 35.4 Å². The largest absolute Gasteiger partial charge is 0.601 e. The van der Waals surface area contributed by atoms with Crippen LogP contribution in [0.5, 0.6) is 0 Å². The van der Waals surface area contributed by atoms with E-state index in [1.54, 1.807) is 5.01 Å². The van der Waals surface area contributed by atoms with Gasteiger partial charge in [0.1, 0.15) is 18.1 Å². The van der Waals surface area contributed by atoms with Crippen LogP contribution in [0.4, 0.5) is 0 Å². The van der Waals surface area contributed by atoms with Crippen LogP contribution in [0.25, 0.3) is 0 Å². The smallest absolute Gasteiger partial charge is 0.425 e. The molecule has 3 unspecified atom stereocenters. The fourth-order valence-corrected chi connectivity index (χ4v) is 4.56. The second-order valence-corrected chi connectivity index (χ2v) is 9.68. The Morgan fingerprint density at radius 3 is 2.67 bits per heavy atom. The van der Waals surface area contributed by atoms with Crippen LogP contribution in [0.15, 0.2) is 39.4 Å². The number of aliphatic imine (C=N–C) groups is 2. The average molecular weight is 455 g/mol. The van der Waals surface area contributed by atoms with E-state index in [1.165, 1.54) is 6.34 Å². The van der Waals surface area contributed by atoms with E-state index >= 15 is 0 Å². The predicted molar refractivity (Wildman–Crippen MR) is 113 cm³/mol. The van der Waals surface area contributed by atoms with E-state index in [4.69, 9.17) is 30.3 Å². The molecule has 2 aliphatic heterocycles. The highest BCUT2D eigenvalue weighted by molar-refractivity contribution is 7.82. The number of benzene rings is 1. The van der Waals surface area contributed by atoms with Crippen molar-refractivity contribution in [2.45, 2.75) is 25.9 Å². The maximum absolute atomic E-state index is 11.1. The maximum Gasteiger partial charge on any atom is 0.425 e. The van der Waals surface area contributed by atoms with E-state index in [0.29, 0.717) is 25.2 Å². The third kappa shape index (κ3) is 5.19. The van der Waals surface area contributed by atoms with Gasteiger partial charge in [-0.2, -0.15) is 9.99 Å². The zero-order chi connectivity index (χ0) is 21.9. The molecular weight excluding hydrogens is 432 g/mol. The fraction of sp³-hybridized carbons (Fsp3) is 0.412. The highest BCUT2D eigenvalue weighted by atomic mass is 31.2. The van der Waals surface area contributed by atoms with Gasteiger partial charge in [-0.25, -0.2) is 14.5 Å². The molecule has 0 radical (unpaired) electrons. The number of ether oxygens (including phenoxy) is 1. The summed E-state index contributed by atoms with van der Waals surface area (Å²) >= 11 is 0. The summed E-state index contributed by atoms with van der Waals surface area (Å²) in [7, 11) is -8.12. The summed E-state index contributed by atoms with van der Waals surface area (Å²) in [6.45, 7) is 2.38. The molecule has 11 nitrogen and oxygen atoms in total. The van der Waals surface area contributed by atoms with Crippen molar-refractivity contribution in [2.75, 3.05) is 13.2 Å². The molecule has 0 fully saturated rings. The zero-order valence-electron chi connectivity index (χ0n) is 16.2. The molecule has 1 aromatic rings. The first-order valence-corrected chi connectivity index (χ1v) is 12.0. The molecule has 30 heavy (non-hydrogen) atoms. The zero-order valence-corrected chi connectivity index (χ0v) is 18.0. The van der Waals surface area contributed by atoms with Crippen molar-refractivity contribution < 1.29 is 28.9 Å². The summed E-state index contributed by atoms with van der Waals surface area (Å²) in [5.74, 6) is 0.176. The molecular formula is C17H23N5O6P2. The van der Waals surface area contributed by atoms with Crippen LogP contribution in [0.2, 0.25) is 0 Å². The minimum Gasteiger partial charge on any atom is -0.601 e. The Balaban J connectivity index is 1.64. The number of amidine groups is 1. The van der Waals surface area contributed by atoms with Gasteiger partial charge in [-0.1, -0.05) is 29.8 Å². The second-order valence-electron chi connectivity index (χ2n) is 6.88. The molecule has 0 saturated heterocycles. The summed E-state index contributed by atoms with van der Waals surface area (Å²) in [4.78, 5) is 46.6. The monoisotopic (exact) mass is 455 g/mol. The lowest BCUT2D eigenvalue weighted by atomic mass is 9.93. The quantitative estimate of drug-likeness (QED) is 0.315. The van der Waals surface area contributed by atoms with Crippen LogP contribution in [0.3, 0.4) is 0 Å². The minimum atomic E-state index is -4.89. The van der Waals surface area contributed by atoms with Gasteiger partial charge >= 0.3 is 12.8 Å². The Morgan fingerprint density at radius 2 is 2.03 bits per heavy atom. The summed E-state index contributed by atoms with van der Waals surface area (Å²) in [6, 6.07) is 7.94. The van der Waals surface area contributed by atoms with Gasteiger partial charge in [0.15, 0.2) is 6.17 Å². The molecule has 2 heterocycles. The lowest BCUT2D eigenvalue weighted by molar-refractivity contribution is -0.168. The number of aryl methyl sites for hydroxylation is 1. The highest BCUT2D eigenvalue weighted by Crippen LogP contribution is 2.42. The summed E-state index contributed by atoms with van der Waals surface area (Å²) in [6.07, 6.45) is 2.04. The summed E-state index contributed by atoms with van der Waals surface area (Å²) < 4.78 is 16.0. The Hall–Kier alpha value is -1.97. The van der Waals surface area contributed by atoms with E-state index in [0.717, 1.165) is 16.8 Å². The van der Waals surface area contributed by atoms with Gasteiger partial charge in [-0.05, 0) is 25.3 Å². The van der Waals surface area contributed by atoms with Crippen LogP contribution in [-0.4, -0.2) is 62.1 Å². The van der Waals surface area contributed by atoms with Crippen molar-refractivity contribution in [2.24, 2.45) is 26.7 Å². The molecule has 162 valence electrons. The van der Waals surface area contributed by atoms with Crippen molar-refractivity contribution in [3.63, 3.8) is 0 Å². The van der Waals surface area contributed by atoms with Gasteiger partial charge in [-0.3, -0.25) is 5.01 Å². The number of nitrogens with two attached hydrogens (primary N) is 1. The van der Waals surface area contributed by atoms with Gasteiger partial charge < -0.3 is 25.2 Å². The number of fused-ring (bicyclic) bond motifs is 1. The average Bonchev–Trinajstić information content (AvgIpc) is 3.04. The fourth-order valence-electron chi connectivity index (χ4n) is 3.21. The minimum absolute atomic E-state index is 0.106. The third-order valence-corrected chi connectivity index (χ3v) is 7.03. The molecule has 1 aromatic carbocycles. The number of hydrazone groups is 1. The van der Waals surface area contributed by atoms with Crippen LogP contribution >= 0.6 is 15.6 Å². The van der Waals surface area contributed by atoms with Crippen molar-refractivity contribution in [1.82, 2.24) is 5.01 Å². The SMILES string of the molecule is Cc1ccc(C2=NN(CCCCOC(=[P+]([O-])O)P(=O)(O)O)C3N=CN=C(N)C23)cc1. The lowest BCUT2D eigenvalue weighted by Gasteiger charge is -2.26. The van der Waals surface area contributed by atoms with Gasteiger partial charge in [0, 0.05) is 6.54 Å². The van der Waals surface area contributed by atoms with E-state index in [9.17, 15) is 9.46 Å². The Kier molecular flexibility index (Phi) is 7.15. The molecule has 2 aliphatic rings.